The predicted octanol–water partition coefficient (Wildman–Crippen LogP) is 4.94. The Morgan fingerprint density at radius 2 is 2.13 bits per heavy atom. The Kier molecular flexibility index (Phi) is 8.88. The van der Waals surface area contributed by atoms with Crippen molar-refractivity contribution in [2.24, 2.45) is 0 Å². The van der Waals surface area contributed by atoms with Crippen LogP contribution in [0.4, 0.5) is 4.79 Å². The molecule has 31 heavy (non-hydrogen) atoms. The first-order chi connectivity index (χ1) is 14.6. The number of piperazine rings is 1. The van der Waals surface area contributed by atoms with Crippen LogP contribution >= 0.6 is 27.3 Å². The molecular formula is C22H31BrN4O3S. The number of ether oxygens (including phenoxy) is 1. The van der Waals surface area contributed by atoms with Gasteiger partial charge in [0.2, 0.25) is 0 Å². The maximum Gasteiger partial charge on any atom is 0.410 e. The number of nitrogens with zero attached hydrogens (tertiary/aromatic N) is 3. The predicted molar refractivity (Wildman–Crippen MR) is 128 cm³/mol. The minimum absolute atomic E-state index is 0.000110. The molecule has 1 saturated heterocycles. The molecule has 2 amide bonds. The van der Waals surface area contributed by atoms with E-state index in [-0.39, 0.29) is 18.0 Å². The van der Waals surface area contributed by atoms with Crippen LogP contribution in [0.25, 0.3) is 0 Å². The average Bonchev–Trinajstić information content (AvgIpc) is 3.15. The summed E-state index contributed by atoms with van der Waals surface area (Å²) >= 11 is 4.65. The van der Waals surface area contributed by atoms with E-state index in [0.717, 1.165) is 12.1 Å². The number of aromatic nitrogens is 1. The lowest BCUT2D eigenvalue weighted by Crippen LogP contribution is -2.56. The van der Waals surface area contributed by atoms with E-state index in [2.05, 4.69) is 44.6 Å². The lowest BCUT2D eigenvalue weighted by molar-refractivity contribution is 0.00197. The number of amides is 2. The van der Waals surface area contributed by atoms with Gasteiger partial charge in [0.1, 0.15) is 11.3 Å². The number of thiazole rings is 1. The van der Waals surface area contributed by atoms with E-state index in [9.17, 15) is 9.59 Å². The number of nitrogens with one attached hydrogen (secondary N) is 1. The van der Waals surface area contributed by atoms with Gasteiger partial charge >= 0.3 is 6.09 Å². The summed E-state index contributed by atoms with van der Waals surface area (Å²) in [4.78, 5) is 33.5. The monoisotopic (exact) mass is 510 g/mol. The number of allylic oxidation sites excluding steroid dienone is 3. The molecule has 1 fully saturated rings. The fourth-order valence-electron chi connectivity index (χ4n) is 3.29. The SMILES string of the molecule is C=C/C=C(\C(=C/C)NC(=O)c1csc(Br)n1)N1CCN(C(=O)OC(C)(C)C)C(CC)C1. The average molecular weight is 511 g/mol. The third-order valence-electron chi connectivity index (χ3n) is 4.72. The summed E-state index contributed by atoms with van der Waals surface area (Å²) in [5.74, 6) is -0.274. The van der Waals surface area contributed by atoms with Crippen molar-refractivity contribution in [3.63, 3.8) is 0 Å². The Morgan fingerprint density at radius 3 is 2.65 bits per heavy atom. The van der Waals surface area contributed by atoms with Gasteiger partial charge in [0.05, 0.1) is 17.4 Å². The Labute approximate surface area is 197 Å². The molecular weight excluding hydrogens is 480 g/mol. The molecule has 0 saturated carbocycles. The van der Waals surface area contributed by atoms with Crippen LogP contribution < -0.4 is 5.32 Å². The van der Waals surface area contributed by atoms with Crippen LogP contribution in [-0.4, -0.2) is 58.1 Å². The van der Waals surface area contributed by atoms with Crippen molar-refractivity contribution in [3.05, 3.63) is 51.2 Å². The summed E-state index contributed by atoms with van der Waals surface area (Å²) in [6, 6.07) is 0.000110. The second-order valence-electron chi connectivity index (χ2n) is 8.11. The van der Waals surface area contributed by atoms with Crippen molar-refractivity contribution in [2.45, 2.75) is 52.7 Å². The van der Waals surface area contributed by atoms with Crippen LogP contribution in [0.3, 0.4) is 0 Å². The smallest absolute Gasteiger partial charge is 0.410 e. The Bertz CT molecular complexity index is 872. The molecule has 1 aromatic heterocycles. The molecule has 1 N–H and O–H groups in total. The van der Waals surface area contributed by atoms with Gasteiger partial charge in [0, 0.05) is 25.0 Å². The Balaban J connectivity index is 2.17. The normalized spacial score (nSPS) is 18.1. The summed E-state index contributed by atoms with van der Waals surface area (Å²) in [6.07, 6.45) is 5.94. The van der Waals surface area contributed by atoms with Gasteiger partial charge in [0.15, 0.2) is 3.92 Å². The van der Waals surface area contributed by atoms with E-state index in [1.165, 1.54) is 11.3 Å². The maximum atomic E-state index is 12.7. The largest absolute Gasteiger partial charge is 0.444 e. The highest BCUT2D eigenvalue weighted by molar-refractivity contribution is 9.11. The van der Waals surface area contributed by atoms with Gasteiger partial charge in [-0.25, -0.2) is 9.78 Å². The quantitative estimate of drug-likeness (QED) is 0.548. The minimum atomic E-state index is -0.534. The summed E-state index contributed by atoms with van der Waals surface area (Å²) < 4.78 is 6.24. The van der Waals surface area contributed by atoms with Crippen molar-refractivity contribution < 1.29 is 14.3 Å². The first-order valence-electron chi connectivity index (χ1n) is 10.3. The lowest BCUT2D eigenvalue weighted by atomic mass is 10.1. The Hall–Kier alpha value is -2.13. The zero-order valence-corrected chi connectivity index (χ0v) is 21.2. The highest BCUT2D eigenvalue weighted by Crippen LogP contribution is 2.23. The van der Waals surface area contributed by atoms with Gasteiger partial charge in [-0.15, -0.1) is 11.3 Å². The zero-order chi connectivity index (χ0) is 23.2. The minimum Gasteiger partial charge on any atom is -0.444 e. The van der Waals surface area contributed by atoms with E-state index < -0.39 is 5.60 Å². The van der Waals surface area contributed by atoms with Crippen molar-refractivity contribution in [2.75, 3.05) is 19.6 Å². The molecule has 0 aromatic carbocycles. The van der Waals surface area contributed by atoms with Crippen LogP contribution in [0.2, 0.25) is 0 Å². The molecule has 2 rings (SSSR count). The lowest BCUT2D eigenvalue weighted by Gasteiger charge is -2.43. The zero-order valence-electron chi connectivity index (χ0n) is 18.8. The van der Waals surface area contributed by atoms with Crippen LogP contribution in [-0.2, 0) is 4.74 Å². The van der Waals surface area contributed by atoms with E-state index >= 15 is 0 Å². The summed E-state index contributed by atoms with van der Waals surface area (Å²) in [5.41, 5.74) is 1.35. The molecule has 2 heterocycles. The molecule has 1 atom stereocenters. The van der Waals surface area contributed by atoms with Gasteiger partial charge in [-0.2, -0.15) is 0 Å². The number of rotatable bonds is 6. The topological polar surface area (TPSA) is 74.8 Å². The molecule has 9 heteroatoms. The van der Waals surface area contributed by atoms with Gasteiger partial charge in [-0.05, 0) is 56.1 Å². The standard InChI is InChI=1S/C22H31BrN4O3S/c1-7-10-18(16(9-3)24-19(28)17-14-31-20(23)25-17)26-11-12-27(15(8-2)13-26)21(29)30-22(4,5)6/h7,9-10,14-15H,1,8,11-13H2,2-6H3,(H,24,28)/b16-9+,18-10+. The molecule has 0 aliphatic carbocycles. The van der Waals surface area contributed by atoms with Crippen molar-refractivity contribution in [1.82, 2.24) is 20.1 Å². The number of hydrogen-bond donors (Lipinski definition) is 1. The van der Waals surface area contributed by atoms with Crippen LogP contribution in [0.15, 0.2) is 45.5 Å². The first kappa shape index (κ1) is 25.1. The van der Waals surface area contributed by atoms with Crippen LogP contribution in [0.5, 0.6) is 0 Å². The van der Waals surface area contributed by atoms with E-state index in [1.807, 2.05) is 39.8 Å². The van der Waals surface area contributed by atoms with Crippen LogP contribution in [0.1, 0.15) is 51.5 Å². The number of hydrogen-bond acceptors (Lipinski definition) is 6. The van der Waals surface area contributed by atoms with Crippen LogP contribution in [0, 0.1) is 0 Å². The Morgan fingerprint density at radius 1 is 1.42 bits per heavy atom. The van der Waals surface area contributed by atoms with E-state index in [4.69, 9.17) is 4.74 Å². The van der Waals surface area contributed by atoms with Gasteiger partial charge in [-0.1, -0.05) is 25.7 Å². The fourth-order valence-corrected chi connectivity index (χ4v) is 4.28. The van der Waals surface area contributed by atoms with Crippen molar-refractivity contribution in [3.8, 4) is 0 Å². The second kappa shape index (κ2) is 10.9. The van der Waals surface area contributed by atoms with Crippen molar-refractivity contribution in [1.29, 1.82) is 0 Å². The molecule has 7 nitrogen and oxygen atoms in total. The molecule has 0 bridgehead atoms. The number of carbonyl (C=O) groups excluding carboxylic acids is 2. The summed E-state index contributed by atoms with van der Waals surface area (Å²) in [6.45, 7) is 15.1. The van der Waals surface area contributed by atoms with E-state index in [1.54, 1.807) is 16.4 Å². The van der Waals surface area contributed by atoms with Crippen molar-refractivity contribution >= 4 is 39.3 Å². The summed E-state index contributed by atoms with van der Waals surface area (Å²) in [5, 5.41) is 4.66. The van der Waals surface area contributed by atoms with Gasteiger partial charge in [0.25, 0.3) is 5.91 Å². The molecule has 0 radical (unpaired) electrons. The van der Waals surface area contributed by atoms with Gasteiger partial charge < -0.3 is 19.9 Å². The number of halogens is 1. The fraction of sp³-hybridized carbons (Fsp3) is 0.500. The first-order valence-corrected chi connectivity index (χ1v) is 11.9. The third-order valence-corrected chi connectivity index (χ3v) is 6.08. The number of carbonyl (C=O) groups is 2. The third kappa shape index (κ3) is 6.93. The molecule has 1 aliphatic rings. The molecule has 170 valence electrons. The molecule has 1 unspecified atom stereocenters. The second-order valence-corrected chi connectivity index (χ2v) is 10.2. The molecule has 1 aromatic rings. The molecule has 1 aliphatic heterocycles. The summed E-state index contributed by atoms with van der Waals surface area (Å²) in [7, 11) is 0. The highest BCUT2D eigenvalue weighted by Gasteiger charge is 2.33. The maximum absolute atomic E-state index is 12.7. The highest BCUT2D eigenvalue weighted by atomic mass is 79.9. The van der Waals surface area contributed by atoms with E-state index in [0.29, 0.717) is 34.9 Å². The molecule has 0 spiro atoms. The van der Waals surface area contributed by atoms with Gasteiger partial charge in [-0.3, -0.25) is 4.79 Å².